The number of carbonyl (C=O) groups excluding carboxylic acids is 3. The minimum Gasteiger partial charge on any atom is -0.493 e. The summed E-state index contributed by atoms with van der Waals surface area (Å²) in [6.45, 7) is 0.107. The molecule has 168 valence electrons. The van der Waals surface area contributed by atoms with Crippen molar-refractivity contribution in [2.75, 3.05) is 31.0 Å². The summed E-state index contributed by atoms with van der Waals surface area (Å²) in [6, 6.07) is 12.1. The number of fused-ring (bicyclic) bond motifs is 5. The molecule has 10 heteroatoms. The van der Waals surface area contributed by atoms with Crippen LogP contribution in [0.5, 0.6) is 11.5 Å². The normalized spacial score (nSPS) is 16.2. The van der Waals surface area contributed by atoms with Gasteiger partial charge in [-0.15, -0.1) is 0 Å². The van der Waals surface area contributed by atoms with Crippen molar-refractivity contribution in [2.24, 2.45) is 0 Å². The van der Waals surface area contributed by atoms with Crippen LogP contribution in [-0.4, -0.2) is 53.6 Å². The maximum absolute atomic E-state index is 13.6. The second-order valence-electron chi connectivity index (χ2n) is 7.60. The third-order valence-electron chi connectivity index (χ3n) is 5.84. The fourth-order valence-electron chi connectivity index (χ4n) is 4.41. The number of carbonyl (C=O) groups is 3. The van der Waals surface area contributed by atoms with Gasteiger partial charge in [0.25, 0.3) is 11.8 Å². The molecule has 2 N–H and O–H groups in total. The van der Waals surface area contributed by atoms with Crippen LogP contribution in [0.15, 0.2) is 48.7 Å². The summed E-state index contributed by atoms with van der Waals surface area (Å²) in [6.07, 6.45) is 0.865. The van der Waals surface area contributed by atoms with Gasteiger partial charge in [-0.2, -0.15) is 5.10 Å². The van der Waals surface area contributed by atoms with E-state index in [1.165, 1.54) is 20.4 Å². The molecule has 2 aromatic carbocycles. The fourth-order valence-corrected chi connectivity index (χ4v) is 4.41. The molecule has 10 nitrogen and oxygen atoms in total. The second kappa shape index (κ2) is 7.97. The van der Waals surface area contributed by atoms with Gasteiger partial charge in [0, 0.05) is 24.6 Å². The molecular weight excluding hydrogens is 426 g/mol. The van der Waals surface area contributed by atoms with Gasteiger partial charge in [0.2, 0.25) is 5.91 Å². The zero-order chi connectivity index (χ0) is 23.1. The van der Waals surface area contributed by atoms with E-state index in [0.29, 0.717) is 39.7 Å². The molecule has 0 radical (unpaired) electrons. The van der Waals surface area contributed by atoms with Crippen LogP contribution in [0, 0.1) is 0 Å². The highest BCUT2D eigenvalue weighted by atomic mass is 16.5. The van der Waals surface area contributed by atoms with Gasteiger partial charge in [-0.1, -0.05) is 18.2 Å². The first kappa shape index (κ1) is 20.6. The summed E-state index contributed by atoms with van der Waals surface area (Å²) in [5, 5.41) is 9.17. The Morgan fingerprint density at radius 2 is 1.91 bits per heavy atom. The quantitative estimate of drug-likeness (QED) is 0.600. The number of amides is 3. The van der Waals surface area contributed by atoms with Crippen LogP contribution in [0.25, 0.3) is 0 Å². The van der Waals surface area contributed by atoms with Crippen LogP contribution in [-0.2, 0) is 4.79 Å². The Balaban J connectivity index is 1.55. The predicted octanol–water partition coefficient (Wildman–Crippen LogP) is 2.57. The maximum Gasteiger partial charge on any atom is 0.264 e. The number of rotatable bonds is 6. The third-order valence-corrected chi connectivity index (χ3v) is 5.84. The number of hydrogen-bond donors (Lipinski definition) is 2. The molecule has 3 amide bonds. The van der Waals surface area contributed by atoms with Crippen LogP contribution < -0.4 is 19.7 Å². The van der Waals surface area contributed by atoms with Crippen LogP contribution >= 0.6 is 0 Å². The van der Waals surface area contributed by atoms with Gasteiger partial charge < -0.3 is 19.7 Å². The average Bonchev–Trinajstić information content (AvgIpc) is 3.44. The first-order valence-electron chi connectivity index (χ1n) is 10.3. The lowest BCUT2D eigenvalue weighted by molar-refractivity contribution is -0.116. The first-order valence-corrected chi connectivity index (χ1v) is 10.3. The second-order valence-corrected chi connectivity index (χ2v) is 7.60. The molecule has 1 atom stereocenters. The summed E-state index contributed by atoms with van der Waals surface area (Å²) in [4.78, 5) is 42.7. The summed E-state index contributed by atoms with van der Waals surface area (Å²) in [5.74, 6) is 0.379. The molecule has 0 aliphatic carbocycles. The topological polar surface area (TPSA) is 117 Å². The number of H-pyrrole nitrogens is 1. The van der Waals surface area contributed by atoms with E-state index in [1.807, 2.05) is 0 Å². The van der Waals surface area contributed by atoms with Gasteiger partial charge in [0.1, 0.15) is 12.0 Å². The molecule has 5 rings (SSSR count). The molecule has 3 aromatic rings. The molecule has 2 aliphatic rings. The third kappa shape index (κ3) is 3.18. The van der Waals surface area contributed by atoms with Crippen molar-refractivity contribution in [3.05, 3.63) is 65.4 Å². The Labute approximate surface area is 189 Å². The van der Waals surface area contributed by atoms with Crippen LogP contribution in [0.2, 0.25) is 0 Å². The number of methoxy groups -OCH3 is 2. The predicted molar refractivity (Wildman–Crippen MR) is 118 cm³/mol. The van der Waals surface area contributed by atoms with Crippen LogP contribution in [0.4, 0.5) is 11.5 Å². The van der Waals surface area contributed by atoms with Gasteiger partial charge in [0.15, 0.2) is 11.5 Å². The number of ether oxygens (including phenoxy) is 2. The summed E-state index contributed by atoms with van der Waals surface area (Å²) in [7, 11) is 2.97. The molecule has 1 unspecified atom stereocenters. The lowest BCUT2D eigenvalue weighted by Crippen LogP contribution is -2.49. The zero-order valence-corrected chi connectivity index (χ0v) is 18.0. The highest BCUT2D eigenvalue weighted by Crippen LogP contribution is 2.49. The SMILES string of the molecule is COc1ccc2c(c1OC)C(=O)N1c3ccccc3C(=O)N(CCC(=O)Nc3ccn[nH]3)C21. The van der Waals surface area contributed by atoms with Crippen molar-refractivity contribution in [3.8, 4) is 11.5 Å². The van der Waals surface area contributed by atoms with E-state index in [-0.39, 0.29) is 30.7 Å². The molecule has 1 aromatic heterocycles. The number of nitrogens with zero attached hydrogens (tertiary/aromatic N) is 3. The smallest absolute Gasteiger partial charge is 0.264 e. The van der Waals surface area contributed by atoms with Crippen molar-refractivity contribution >= 4 is 29.2 Å². The van der Waals surface area contributed by atoms with E-state index in [1.54, 1.807) is 52.3 Å². The molecule has 3 heterocycles. The lowest BCUT2D eigenvalue weighted by Gasteiger charge is -2.40. The molecule has 0 bridgehead atoms. The maximum atomic E-state index is 13.6. The van der Waals surface area contributed by atoms with E-state index in [2.05, 4.69) is 15.5 Å². The Hall–Kier alpha value is -4.34. The van der Waals surface area contributed by atoms with Gasteiger partial charge in [0.05, 0.1) is 37.2 Å². The van der Waals surface area contributed by atoms with E-state index < -0.39 is 6.17 Å². The molecular formula is C23H21N5O5. The highest BCUT2D eigenvalue weighted by molar-refractivity contribution is 6.18. The van der Waals surface area contributed by atoms with E-state index in [9.17, 15) is 14.4 Å². The number of benzene rings is 2. The molecule has 0 spiro atoms. The molecule has 2 aliphatic heterocycles. The number of anilines is 2. The minimum absolute atomic E-state index is 0.0358. The minimum atomic E-state index is -0.699. The number of para-hydroxylation sites is 1. The van der Waals surface area contributed by atoms with Crippen LogP contribution in [0.1, 0.15) is 38.9 Å². The van der Waals surface area contributed by atoms with Crippen molar-refractivity contribution in [2.45, 2.75) is 12.6 Å². The van der Waals surface area contributed by atoms with E-state index in [4.69, 9.17) is 9.47 Å². The monoisotopic (exact) mass is 447 g/mol. The molecule has 0 saturated heterocycles. The van der Waals surface area contributed by atoms with Crippen molar-refractivity contribution in [1.82, 2.24) is 15.1 Å². The summed E-state index contributed by atoms with van der Waals surface area (Å²) in [5.41, 5.74) is 1.88. The molecule has 0 saturated carbocycles. The Bertz CT molecular complexity index is 1260. The number of aromatic nitrogens is 2. The molecule has 33 heavy (non-hydrogen) atoms. The Kier molecular flexibility index (Phi) is 4.97. The summed E-state index contributed by atoms with van der Waals surface area (Å²) < 4.78 is 10.9. The van der Waals surface area contributed by atoms with Gasteiger partial charge >= 0.3 is 0 Å². The van der Waals surface area contributed by atoms with Gasteiger partial charge in [-0.25, -0.2) is 0 Å². The zero-order valence-electron chi connectivity index (χ0n) is 18.0. The van der Waals surface area contributed by atoms with Crippen molar-refractivity contribution in [3.63, 3.8) is 0 Å². The first-order chi connectivity index (χ1) is 16.0. The van der Waals surface area contributed by atoms with Crippen molar-refractivity contribution in [1.29, 1.82) is 0 Å². The average molecular weight is 447 g/mol. The number of nitrogens with one attached hydrogen (secondary N) is 2. The van der Waals surface area contributed by atoms with E-state index >= 15 is 0 Å². The number of aromatic amines is 1. The lowest BCUT2D eigenvalue weighted by atomic mass is 10.0. The van der Waals surface area contributed by atoms with Gasteiger partial charge in [-0.05, 0) is 18.2 Å². The van der Waals surface area contributed by atoms with E-state index in [0.717, 1.165) is 0 Å². The Morgan fingerprint density at radius 1 is 1.09 bits per heavy atom. The largest absolute Gasteiger partial charge is 0.493 e. The standard InChI is InChI=1S/C23H21N5O5/c1-32-16-8-7-14-19(20(16)33-2)23(31)28-15-6-4-3-5-13(15)22(30)27(21(14)28)12-10-18(29)25-17-9-11-24-26-17/h3-9,11,21H,10,12H2,1-2H3,(H2,24,25,26,29). The van der Waals surface area contributed by atoms with Gasteiger partial charge in [-0.3, -0.25) is 24.4 Å². The van der Waals surface area contributed by atoms with Crippen molar-refractivity contribution < 1.29 is 23.9 Å². The Morgan fingerprint density at radius 3 is 2.64 bits per heavy atom. The number of hydrogen-bond acceptors (Lipinski definition) is 6. The fraction of sp³-hybridized carbons (Fsp3) is 0.217. The highest BCUT2D eigenvalue weighted by Gasteiger charge is 2.49. The summed E-state index contributed by atoms with van der Waals surface area (Å²) >= 11 is 0. The molecule has 0 fully saturated rings. The van der Waals surface area contributed by atoms with Crippen LogP contribution in [0.3, 0.4) is 0 Å².